The van der Waals surface area contributed by atoms with E-state index in [2.05, 4.69) is 45.1 Å². The summed E-state index contributed by atoms with van der Waals surface area (Å²) in [5.41, 5.74) is 1.26. The Morgan fingerprint density at radius 2 is 1.91 bits per heavy atom. The van der Waals surface area contributed by atoms with Crippen molar-refractivity contribution in [3.8, 4) is 5.75 Å². The minimum Gasteiger partial charge on any atom is -0.492 e. The molecule has 0 aliphatic carbocycles. The molecule has 0 unspecified atom stereocenters. The third kappa shape index (κ3) is 6.37. The molecule has 0 saturated heterocycles. The van der Waals surface area contributed by atoms with Gasteiger partial charge in [0.05, 0.1) is 6.54 Å². The van der Waals surface area contributed by atoms with Crippen molar-refractivity contribution in [2.75, 3.05) is 26.2 Å². The molecule has 4 heteroatoms. The molecule has 124 valence electrons. The third-order valence-electron chi connectivity index (χ3n) is 3.45. The Hall–Kier alpha value is -1.71. The first kappa shape index (κ1) is 18.3. The number of carbonyl (C=O) groups excluding carboxylic acids is 1. The van der Waals surface area contributed by atoms with Crippen LogP contribution in [0.2, 0.25) is 0 Å². The lowest BCUT2D eigenvalue weighted by molar-refractivity contribution is 0.194. The molecule has 0 heterocycles. The molecule has 0 atom stereocenters. The normalized spacial score (nSPS) is 10.6. The fraction of sp³-hybridized carbons (Fsp3) is 0.611. The summed E-state index contributed by atoms with van der Waals surface area (Å²) in [4.78, 5) is 13.9. The van der Waals surface area contributed by atoms with E-state index in [0.29, 0.717) is 19.1 Å². The lowest BCUT2D eigenvalue weighted by Gasteiger charge is -2.21. The van der Waals surface area contributed by atoms with Crippen molar-refractivity contribution in [3.63, 3.8) is 0 Å². The molecule has 0 fully saturated rings. The van der Waals surface area contributed by atoms with Crippen LogP contribution in [0.1, 0.15) is 52.0 Å². The van der Waals surface area contributed by atoms with Gasteiger partial charge in [0, 0.05) is 13.1 Å². The van der Waals surface area contributed by atoms with Crippen molar-refractivity contribution in [3.05, 3.63) is 29.8 Å². The summed E-state index contributed by atoms with van der Waals surface area (Å²) in [5, 5.41) is 2.92. The SMILES string of the molecule is CCCN(CCC)C(=O)NCCOc1cccc(C(C)C)c1. The zero-order chi connectivity index (χ0) is 16.4. The number of urea groups is 1. The van der Waals surface area contributed by atoms with Crippen LogP contribution in [-0.2, 0) is 0 Å². The van der Waals surface area contributed by atoms with E-state index in [9.17, 15) is 4.79 Å². The number of nitrogens with one attached hydrogen (secondary N) is 1. The van der Waals surface area contributed by atoms with Crippen LogP contribution < -0.4 is 10.1 Å². The molecule has 1 aromatic rings. The van der Waals surface area contributed by atoms with Crippen LogP contribution in [0, 0.1) is 0 Å². The van der Waals surface area contributed by atoms with E-state index in [4.69, 9.17) is 4.74 Å². The van der Waals surface area contributed by atoms with Crippen molar-refractivity contribution in [1.82, 2.24) is 10.2 Å². The third-order valence-corrected chi connectivity index (χ3v) is 3.45. The zero-order valence-corrected chi connectivity index (χ0v) is 14.4. The van der Waals surface area contributed by atoms with E-state index in [1.807, 2.05) is 17.0 Å². The summed E-state index contributed by atoms with van der Waals surface area (Å²) < 4.78 is 5.71. The summed E-state index contributed by atoms with van der Waals surface area (Å²) in [6, 6.07) is 8.13. The Balaban J connectivity index is 2.35. The van der Waals surface area contributed by atoms with Gasteiger partial charge in [-0.25, -0.2) is 4.79 Å². The smallest absolute Gasteiger partial charge is 0.317 e. The van der Waals surface area contributed by atoms with Gasteiger partial charge < -0.3 is 15.0 Å². The minimum atomic E-state index is 0.00299. The average molecular weight is 306 g/mol. The van der Waals surface area contributed by atoms with Crippen LogP contribution in [0.25, 0.3) is 0 Å². The fourth-order valence-electron chi connectivity index (χ4n) is 2.26. The number of amides is 2. The molecule has 1 rings (SSSR count). The monoisotopic (exact) mass is 306 g/mol. The molecule has 2 amide bonds. The van der Waals surface area contributed by atoms with Gasteiger partial charge in [-0.2, -0.15) is 0 Å². The molecule has 0 spiro atoms. The fourth-order valence-corrected chi connectivity index (χ4v) is 2.26. The van der Waals surface area contributed by atoms with Crippen molar-refractivity contribution in [2.45, 2.75) is 46.5 Å². The largest absolute Gasteiger partial charge is 0.492 e. The molecule has 0 aliphatic heterocycles. The number of nitrogens with zero attached hydrogens (tertiary/aromatic N) is 1. The van der Waals surface area contributed by atoms with Crippen LogP contribution in [-0.4, -0.2) is 37.2 Å². The number of rotatable bonds is 9. The maximum Gasteiger partial charge on any atom is 0.317 e. The molecule has 0 radical (unpaired) electrons. The number of hydrogen-bond acceptors (Lipinski definition) is 2. The van der Waals surface area contributed by atoms with E-state index in [1.54, 1.807) is 0 Å². The van der Waals surface area contributed by atoms with E-state index in [-0.39, 0.29) is 6.03 Å². The van der Waals surface area contributed by atoms with Crippen LogP contribution >= 0.6 is 0 Å². The van der Waals surface area contributed by atoms with E-state index in [0.717, 1.165) is 31.7 Å². The summed E-state index contributed by atoms with van der Waals surface area (Å²) in [7, 11) is 0. The zero-order valence-electron chi connectivity index (χ0n) is 14.4. The van der Waals surface area contributed by atoms with Gasteiger partial charge in [0.2, 0.25) is 0 Å². The number of benzene rings is 1. The van der Waals surface area contributed by atoms with Gasteiger partial charge >= 0.3 is 6.03 Å². The van der Waals surface area contributed by atoms with Crippen LogP contribution in [0.5, 0.6) is 5.75 Å². The highest BCUT2D eigenvalue weighted by Gasteiger charge is 2.10. The molecule has 0 aliphatic rings. The lowest BCUT2D eigenvalue weighted by atomic mass is 10.0. The number of hydrogen-bond donors (Lipinski definition) is 1. The molecular weight excluding hydrogens is 276 g/mol. The summed E-state index contributed by atoms with van der Waals surface area (Å²) in [5.74, 6) is 1.35. The second-order valence-corrected chi connectivity index (χ2v) is 5.79. The van der Waals surface area contributed by atoms with Gasteiger partial charge in [-0.1, -0.05) is 39.8 Å². The molecule has 0 saturated carbocycles. The van der Waals surface area contributed by atoms with E-state index >= 15 is 0 Å². The second-order valence-electron chi connectivity index (χ2n) is 5.79. The first-order chi connectivity index (χ1) is 10.6. The molecule has 1 N–H and O–H groups in total. The maximum absolute atomic E-state index is 12.0. The van der Waals surface area contributed by atoms with Gasteiger partial charge in [0.25, 0.3) is 0 Å². The molecule has 0 aromatic heterocycles. The number of ether oxygens (including phenoxy) is 1. The molecule has 0 bridgehead atoms. The number of carbonyl (C=O) groups is 1. The predicted octanol–water partition coefficient (Wildman–Crippen LogP) is 4.02. The second kappa shape index (κ2) is 10.1. The van der Waals surface area contributed by atoms with Crippen molar-refractivity contribution in [2.24, 2.45) is 0 Å². The average Bonchev–Trinajstić information content (AvgIpc) is 2.51. The topological polar surface area (TPSA) is 41.6 Å². The Kier molecular flexibility index (Phi) is 8.41. The predicted molar refractivity (Wildman–Crippen MR) is 91.6 cm³/mol. The van der Waals surface area contributed by atoms with Gasteiger partial charge in [-0.05, 0) is 36.5 Å². The highest BCUT2D eigenvalue weighted by Crippen LogP contribution is 2.19. The lowest BCUT2D eigenvalue weighted by Crippen LogP contribution is -2.42. The van der Waals surface area contributed by atoms with Crippen LogP contribution in [0.15, 0.2) is 24.3 Å². The van der Waals surface area contributed by atoms with Gasteiger partial charge in [0.15, 0.2) is 0 Å². The van der Waals surface area contributed by atoms with Gasteiger partial charge in [-0.3, -0.25) is 0 Å². The molecule has 4 nitrogen and oxygen atoms in total. The molecule has 22 heavy (non-hydrogen) atoms. The Morgan fingerprint density at radius 3 is 2.50 bits per heavy atom. The minimum absolute atomic E-state index is 0.00299. The Bertz CT molecular complexity index is 440. The van der Waals surface area contributed by atoms with Crippen LogP contribution in [0.4, 0.5) is 4.79 Å². The summed E-state index contributed by atoms with van der Waals surface area (Å²) in [6.45, 7) is 11.1. The Labute approximate surface area is 134 Å². The van der Waals surface area contributed by atoms with E-state index < -0.39 is 0 Å². The highest BCUT2D eigenvalue weighted by atomic mass is 16.5. The maximum atomic E-state index is 12.0. The van der Waals surface area contributed by atoms with E-state index in [1.165, 1.54) is 5.56 Å². The summed E-state index contributed by atoms with van der Waals surface area (Å²) >= 11 is 0. The van der Waals surface area contributed by atoms with Gasteiger partial charge in [0.1, 0.15) is 12.4 Å². The molecule has 1 aromatic carbocycles. The van der Waals surface area contributed by atoms with Crippen molar-refractivity contribution in [1.29, 1.82) is 0 Å². The molecular formula is C18H30N2O2. The summed E-state index contributed by atoms with van der Waals surface area (Å²) in [6.07, 6.45) is 1.96. The quantitative estimate of drug-likeness (QED) is 0.700. The highest BCUT2D eigenvalue weighted by molar-refractivity contribution is 5.74. The first-order valence-corrected chi connectivity index (χ1v) is 8.34. The standard InChI is InChI=1S/C18H30N2O2/c1-5-11-20(12-6-2)18(21)19-10-13-22-17-9-7-8-16(14-17)15(3)4/h7-9,14-15H,5-6,10-13H2,1-4H3,(H,19,21). The van der Waals surface area contributed by atoms with Gasteiger partial charge in [-0.15, -0.1) is 0 Å². The van der Waals surface area contributed by atoms with Crippen LogP contribution in [0.3, 0.4) is 0 Å². The van der Waals surface area contributed by atoms with Crippen molar-refractivity contribution >= 4 is 6.03 Å². The van der Waals surface area contributed by atoms with Crippen molar-refractivity contribution < 1.29 is 9.53 Å². The first-order valence-electron chi connectivity index (χ1n) is 8.34. The Morgan fingerprint density at radius 1 is 1.23 bits per heavy atom.